The fourth-order valence-corrected chi connectivity index (χ4v) is 3.61. The third-order valence-electron chi connectivity index (χ3n) is 4.68. The zero-order valence-corrected chi connectivity index (χ0v) is 18.1. The number of rotatable bonds is 7. The molecule has 1 aromatic heterocycles. The molecule has 8 nitrogen and oxygen atoms in total. The van der Waals surface area contributed by atoms with E-state index >= 15 is 0 Å². The molecule has 0 aliphatic heterocycles. The highest BCUT2D eigenvalue weighted by atomic mass is 32.2. The number of hydrogen-bond acceptors (Lipinski definition) is 7. The number of carbonyl (C=O) groups is 2. The maximum absolute atomic E-state index is 13.3. The summed E-state index contributed by atoms with van der Waals surface area (Å²) in [6.07, 6.45) is 3.74. The molecule has 1 atom stereocenters. The van der Waals surface area contributed by atoms with Crippen LogP contribution in [0.3, 0.4) is 0 Å². The summed E-state index contributed by atoms with van der Waals surface area (Å²) in [5.74, 6) is -2.08. The van der Waals surface area contributed by atoms with Crippen LogP contribution >= 0.6 is 0 Å². The summed E-state index contributed by atoms with van der Waals surface area (Å²) in [5.41, 5.74) is 1.27. The number of anilines is 1. The van der Waals surface area contributed by atoms with Crippen LogP contribution in [0.25, 0.3) is 0 Å². The number of amides is 1. The second-order valence-electron chi connectivity index (χ2n) is 6.99. The van der Waals surface area contributed by atoms with Crippen molar-refractivity contribution in [2.45, 2.75) is 17.2 Å². The standard InChI is InChI=1S/C22H20FN3O5S/c1-31-22(28)19-12-25-20(13-24-19)26-21(27)18(11-14-3-7-16(23)8-4-14)15-5-9-17(10-6-15)32(2,29)30/h3-10,12-13,18H,11H2,1-2H3,(H,25,26,27). The molecule has 0 saturated carbocycles. The van der Waals surface area contributed by atoms with Crippen LogP contribution in [0.2, 0.25) is 0 Å². The van der Waals surface area contributed by atoms with E-state index in [0.29, 0.717) is 11.1 Å². The van der Waals surface area contributed by atoms with Crippen LogP contribution in [0, 0.1) is 5.82 Å². The van der Waals surface area contributed by atoms with E-state index in [2.05, 4.69) is 20.0 Å². The van der Waals surface area contributed by atoms with Gasteiger partial charge in [-0.15, -0.1) is 0 Å². The highest BCUT2D eigenvalue weighted by molar-refractivity contribution is 7.90. The molecule has 3 aromatic rings. The zero-order valence-electron chi connectivity index (χ0n) is 17.3. The van der Waals surface area contributed by atoms with Crippen molar-refractivity contribution in [3.05, 3.63) is 83.6 Å². The van der Waals surface area contributed by atoms with Gasteiger partial charge >= 0.3 is 5.97 Å². The van der Waals surface area contributed by atoms with E-state index in [0.717, 1.165) is 6.26 Å². The third-order valence-corrected chi connectivity index (χ3v) is 5.81. The van der Waals surface area contributed by atoms with Gasteiger partial charge in [-0.2, -0.15) is 0 Å². The maximum atomic E-state index is 13.3. The normalized spacial score (nSPS) is 12.1. The average Bonchev–Trinajstić information content (AvgIpc) is 2.78. The Kier molecular flexibility index (Phi) is 6.94. The summed E-state index contributed by atoms with van der Waals surface area (Å²) in [7, 11) is -2.17. The molecule has 32 heavy (non-hydrogen) atoms. The molecule has 0 aliphatic carbocycles. The van der Waals surface area contributed by atoms with Gasteiger partial charge in [-0.1, -0.05) is 24.3 Å². The smallest absolute Gasteiger partial charge is 0.358 e. The van der Waals surface area contributed by atoms with Gasteiger partial charge in [0.25, 0.3) is 0 Å². The molecule has 0 spiro atoms. The Morgan fingerprint density at radius 3 is 2.22 bits per heavy atom. The fourth-order valence-electron chi connectivity index (χ4n) is 2.98. The average molecular weight is 457 g/mol. The van der Waals surface area contributed by atoms with Crippen LogP contribution in [-0.2, 0) is 25.8 Å². The number of nitrogens with one attached hydrogen (secondary N) is 1. The predicted molar refractivity (Wildman–Crippen MR) is 114 cm³/mol. The molecular weight excluding hydrogens is 437 g/mol. The van der Waals surface area contributed by atoms with E-state index in [1.54, 1.807) is 24.3 Å². The first kappa shape index (κ1) is 23.0. The van der Waals surface area contributed by atoms with Crippen LogP contribution in [0.5, 0.6) is 0 Å². The lowest BCUT2D eigenvalue weighted by molar-refractivity contribution is -0.117. The number of carbonyl (C=O) groups excluding carboxylic acids is 2. The number of nitrogens with zero attached hydrogens (tertiary/aromatic N) is 2. The van der Waals surface area contributed by atoms with Gasteiger partial charge in [-0.05, 0) is 41.8 Å². The first-order chi connectivity index (χ1) is 15.2. The molecule has 0 radical (unpaired) electrons. The van der Waals surface area contributed by atoms with Crippen molar-refractivity contribution < 1.29 is 27.1 Å². The van der Waals surface area contributed by atoms with Crippen molar-refractivity contribution in [2.24, 2.45) is 0 Å². The van der Waals surface area contributed by atoms with Crippen LogP contribution in [0.4, 0.5) is 10.2 Å². The molecule has 0 fully saturated rings. The molecular formula is C22H20FN3O5S. The van der Waals surface area contributed by atoms with Crippen molar-refractivity contribution in [2.75, 3.05) is 18.7 Å². The molecule has 1 heterocycles. The van der Waals surface area contributed by atoms with Crippen LogP contribution in [-0.4, -0.2) is 43.6 Å². The Balaban J connectivity index is 1.88. The largest absolute Gasteiger partial charge is 0.464 e. The Morgan fingerprint density at radius 2 is 1.69 bits per heavy atom. The summed E-state index contributed by atoms with van der Waals surface area (Å²) in [6.45, 7) is 0. The van der Waals surface area contributed by atoms with Crippen LogP contribution in [0.1, 0.15) is 27.5 Å². The summed E-state index contributed by atoms with van der Waals surface area (Å²) in [5, 5.41) is 2.64. The van der Waals surface area contributed by atoms with Gasteiger partial charge in [-0.25, -0.2) is 27.6 Å². The number of esters is 1. The number of benzene rings is 2. The quantitative estimate of drug-likeness (QED) is 0.543. The fraction of sp³-hybridized carbons (Fsp3) is 0.182. The second kappa shape index (κ2) is 9.65. The lowest BCUT2D eigenvalue weighted by atomic mass is 9.91. The Bertz CT molecular complexity index is 1210. The summed E-state index contributed by atoms with van der Waals surface area (Å²) >= 11 is 0. The maximum Gasteiger partial charge on any atom is 0.358 e. The minimum absolute atomic E-state index is 0.00951. The van der Waals surface area contributed by atoms with E-state index in [-0.39, 0.29) is 22.8 Å². The lowest BCUT2D eigenvalue weighted by Crippen LogP contribution is -2.24. The van der Waals surface area contributed by atoms with Crippen molar-refractivity contribution in [3.8, 4) is 0 Å². The summed E-state index contributed by atoms with van der Waals surface area (Å²) in [4.78, 5) is 32.6. The number of hydrogen-bond donors (Lipinski definition) is 1. The minimum Gasteiger partial charge on any atom is -0.464 e. The second-order valence-corrected chi connectivity index (χ2v) is 9.01. The SMILES string of the molecule is COC(=O)c1cnc(NC(=O)C(Cc2ccc(F)cc2)c2ccc(S(C)(=O)=O)cc2)cn1. The lowest BCUT2D eigenvalue weighted by Gasteiger charge is -2.18. The molecule has 166 valence electrons. The van der Waals surface area contributed by atoms with E-state index in [9.17, 15) is 22.4 Å². The first-order valence-electron chi connectivity index (χ1n) is 9.43. The molecule has 1 amide bonds. The number of ether oxygens (including phenoxy) is 1. The van der Waals surface area contributed by atoms with Crippen molar-refractivity contribution >= 4 is 27.5 Å². The third kappa shape index (κ3) is 5.73. The Hall–Kier alpha value is -3.66. The summed E-state index contributed by atoms with van der Waals surface area (Å²) < 4.78 is 41.3. The molecule has 0 bridgehead atoms. The zero-order chi connectivity index (χ0) is 23.3. The molecule has 3 rings (SSSR count). The number of methoxy groups -OCH3 is 1. The monoisotopic (exact) mass is 457 g/mol. The van der Waals surface area contributed by atoms with E-state index in [1.165, 1.54) is 43.8 Å². The summed E-state index contributed by atoms with van der Waals surface area (Å²) in [6, 6.07) is 11.7. The molecule has 2 aromatic carbocycles. The van der Waals surface area contributed by atoms with Crippen molar-refractivity contribution in [1.29, 1.82) is 0 Å². The van der Waals surface area contributed by atoms with Gasteiger partial charge in [-0.3, -0.25) is 4.79 Å². The topological polar surface area (TPSA) is 115 Å². The van der Waals surface area contributed by atoms with E-state index in [1.807, 2.05) is 0 Å². The molecule has 10 heteroatoms. The number of halogens is 1. The molecule has 0 aliphatic rings. The van der Waals surface area contributed by atoms with Crippen molar-refractivity contribution in [1.82, 2.24) is 9.97 Å². The number of sulfone groups is 1. The molecule has 1 unspecified atom stereocenters. The van der Waals surface area contributed by atoms with Gasteiger partial charge in [0.1, 0.15) is 5.82 Å². The Labute approximate surface area is 184 Å². The van der Waals surface area contributed by atoms with E-state index < -0.39 is 33.4 Å². The van der Waals surface area contributed by atoms with Crippen LogP contribution < -0.4 is 5.32 Å². The van der Waals surface area contributed by atoms with Gasteiger partial charge in [0, 0.05) is 6.26 Å². The minimum atomic E-state index is -3.39. The van der Waals surface area contributed by atoms with Gasteiger partial charge < -0.3 is 10.1 Å². The molecule has 0 saturated heterocycles. The molecule has 1 N–H and O–H groups in total. The van der Waals surface area contributed by atoms with E-state index in [4.69, 9.17) is 0 Å². The Morgan fingerprint density at radius 1 is 1.03 bits per heavy atom. The predicted octanol–water partition coefficient (Wildman–Crippen LogP) is 2.77. The first-order valence-corrected chi connectivity index (χ1v) is 11.3. The van der Waals surface area contributed by atoms with Crippen LogP contribution in [0.15, 0.2) is 65.8 Å². The van der Waals surface area contributed by atoms with Gasteiger partial charge in [0.2, 0.25) is 5.91 Å². The highest BCUT2D eigenvalue weighted by Gasteiger charge is 2.23. The highest BCUT2D eigenvalue weighted by Crippen LogP contribution is 2.24. The van der Waals surface area contributed by atoms with Gasteiger partial charge in [0.05, 0.1) is 30.3 Å². The van der Waals surface area contributed by atoms with Gasteiger partial charge in [0.15, 0.2) is 21.3 Å². The number of aromatic nitrogens is 2. The van der Waals surface area contributed by atoms with Crippen molar-refractivity contribution in [3.63, 3.8) is 0 Å².